The minimum atomic E-state index is -0.0428. The quantitative estimate of drug-likeness (QED) is 0.161. The van der Waals surface area contributed by atoms with Gasteiger partial charge in [-0.25, -0.2) is 0 Å². The molecule has 69 heavy (non-hydrogen) atoms. The summed E-state index contributed by atoms with van der Waals surface area (Å²) in [6.45, 7) is 14.3. The Morgan fingerprint density at radius 1 is 0.522 bits per heavy atom. The first kappa shape index (κ1) is 40.5. The van der Waals surface area contributed by atoms with Crippen molar-refractivity contribution in [2.24, 2.45) is 35.5 Å². The van der Waals surface area contributed by atoms with E-state index in [1.54, 1.807) is 11.1 Å². The lowest BCUT2D eigenvalue weighted by Gasteiger charge is -2.57. The van der Waals surface area contributed by atoms with E-state index in [4.69, 9.17) is 4.74 Å². The molecule has 2 aromatic heterocycles. The Kier molecular flexibility index (Phi) is 7.75. The minimum absolute atomic E-state index is 0.0262. The fourth-order valence-electron chi connectivity index (χ4n) is 18.6. The van der Waals surface area contributed by atoms with Crippen LogP contribution < -0.4 is 15.7 Å². The molecule has 18 rings (SSSR count). The van der Waals surface area contributed by atoms with Gasteiger partial charge in [-0.05, 0) is 221 Å². The van der Waals surface area contributed by atoms with Gasteiger partial charge in [0.25, 0.3) is 0 Å². The third-order valence-electron chi connectivity index (χ3n) is 20.7. The van der Waals surface area contributed by atoms with Crippen LogP contribution in [0.1, 0.15) is 141 Å². The van der Waals surface area contributed by atoms with Gasteiger partial charge in [0, 0.05) is 55.0 Å². The fraction of sp³-hybridized carbons (Fsp3) is 0.446. The summed E-state index contributed by atoms with van der Waals surface area (Å²) in [7, 11) is 1.95. The Bertz CT molecular complexity index is 3520. The molecule has 4 heteroatoms. The molecule has 346 valence electrons. The number of hydrogen-bond acceptors (Lipinski definition) is 1. The molecule has 8 bridgehead atoms. The number of hydrogen-bond donors (Lipinski definition) is 0. The summed E-state index contributed by atoms with van der Waals surface area (Å²) in [5.41, 5.74) is 21.3. The Morgan fingerprint density at radius 3 is 1.68 bits per heavy atom. The van der Waals surface area contributed by atoms with E-state index >= 15 is 0 Å². The van der Waals surface area contributed by atoms with Gasteiger partial charge in [0.05, 0.1) is 18.1 Å². The molecule has 0 amide bonds. The van der Waals surface area contributed by atoms with E-state index in [2.05, 4.69) is 148 Å². The van der Waals surface area contributed by atoms with Crippen LogP contribution in [0.15, 0.2) is 97.1 Å². The van der Waals surface area contributed by atoms with Gasteiger partial charge in [-0.1, -0.05) is 90.1 Å². The van der Waals surface area contributed by atoms with E-state index in [-0.39, 0.29) is 23.1 Å². The van der Waals surface area contributed by atoms with E-state index in [0.29, 0.717) is 5.41 Å². The van der Waals surface area contributed by atoms with Gasteiger partial charge < -0.3 is 13.8 Å². The van der Waals surface area contributed by atoms with Crippen molar-refractivity contribution in [3.05, 3.63) is 119 Å². The summed E-state index contributed by atoms with van der Waals surface area (Å²) in [6.07, 6.45) is 17.0. The SMILES string of the molecule is COc1c(-c2ccccc2)cc2c3c1-c1cc(C45CC6CC(CC(C6)C4)C5)cc4c5cc(C67CC8CC(CC(C8)C6)C7)ccc5n(c14)B3c1cc(C(C)(C)C)cc3c4cc(C(C)(C)C)ccc4n-2c13. The maximum Gasteiger partial charge on any atom is 0.333 e. The van der Waals surface area contributed by atoms with Crippen LogP contribution in [0.4, 0.5) is 0 Å². The van der Waals surface area contributed by atoms with Crippen LogP contribution in [0.25, 0.3) is 71.6 Å². The average molecular weight is 903 g/mol. The predicted octanol–water partition coefficient (Wildman–Crippen LogP) is 15.0. The number of nitrogens with zero attached hydrogens (tertiary/aromatic N) is 2. The fourth-order valence-corrected chi connectivity index (χ4v) is 18.6. The number of benzene rings is 6. The highest BCUT2D eigenvalue weighted by Crippen LogP contribution is 2.64. The van der Waals surface area contributed by atoms with Gasteiger partial charge in [0.2, 0.25) is 0 Å². The molecule has 3 nitrogen and oxygen atoms in total. The molecule has 0 radical (unpaired) electrons. The summed E-state index contributed by atoms with van der Waals surface area (Å²) < 4.78 is 12.6. The Morgan fingerprint density at radius 2 is 1.07 bits per heavy atom. The number of rotatable bonds is 4. The van der Waals surface area contributed by atoms with E-state index in [0.717, 1.165) is 41.3 Å². The summed E-state index contributed by atoms with van der Waals surface area (Å²) >= 11 is 0. The molecule has 10 aliphatic rings. The molecule has 0 spiro atoms. The molecule has 0 saturated heterocycles. The maximum atomic E-state index is 6.98. The largest absolute Gasteiger partial charge is 0.495 e. The van der Waals surface area contributed by atoms with E-state index in [1.807, 2.05) is 7.11 Å². The van der Waals surface area contributed by atoms with Gasteiger partial charge in [-0.3, -0.25) is 0 Å². The van der Waals surface area contributed by atoms with Crippen LogP contribution in [0, 0.1) is 35.5 Å². The van der Waals surface area contributed by atoms with E-state index in [1.165, 1.54) is 171 Å². The van der Waals surface area contributed by atoms with E-state index in [9.17, 15) is 0 Å². The summed E-state index contributed by atoms with van der Waals surface area (Å²) in [5, 5.41) is 5.72. The predicted molar refractivity (Wildman–Crippen MR) is 289 cm³/mol. The molecule has 4 heterocycles. The van der Waals surface area contributed by atoms with Crippen molar-refractivity contribution < 1.29 is 4.74 Å². The molecule has 8 aromatic rings. The number of ether oxygens (including phenoxy) is 1. The molecule has 0 unspecified atom stereocenters. The zero-order valence-electron chi connectivity index (χ0n) is 42.1. The van der Waals surface area contributed by atoms with Crippen molar-refractivity contribution in [1.29, 1.82) is 0 Å². The molecule has 0 N–H and O–H groups in total. The highest BCUT2D eigenvalue weighted by atomic mass is 16.5. The third-order valence-corrected chi connectivity index (χ3v) is 20.7. The second kappa shape index (κ2) is 13.2. The van der Waals surface area contributed by atoms with Crippen molar-refractivity contribution in [2.45, 2.75) is 140 Å². The number of methoxy groups -OCH3 is 1. The van der Waals surface area contributed by atoms with Crippen molar-refractivity contribution >= 4 is 61.4 Å². The van der Waals surface area contributed by atoms with Crippen LogP contribution >= 0.6 is 0 Å². The van der Waals surface area contributed by atoms with Crippen LogP contribution in [0.2, 0.25) is 0 Å². The smallest absolute Gasteiger partial charge is 0.333 e. The Labute approximate surface area is 409 Å². The van der Waals surface area contributed by atoms with Crippen molar-refractivity contribution in [3.63, 3.8) is 0 Å². The number of fused-ring (bicyclic) bond motifs is 10. The molecular weight excluding hydrogens is 836 g/mol. The average Bonchev–Trinajstić information content (AvgIpc) is 3.83. The van der Waals surface area contributed by atoms with Crippen LogP contribution in [0.3, 0.4) is 0 Å². The molecule has 2 aliphatic heterocycles. The summed E-state index contributed by atoms with van der Waals surface area (Å²) in [4.78, 5) is 0. The van der Waals surface area contributed by atoms with E-state index < -0.39 is 0 Å². The summed E-state index contributed by atoms with van der Waals surface area (Å²) in [6, 6.07) is 39.9. The van der Waals surface area contributed by atoms with Crippen LogP contribution in [0.5, 0.6) is 5.75 Å². The highest BCUT2D eigenvalue weighted by molar-refractivity contribution is 6.90. The van der Waals surface area contributed by atoms with Gasteiger partial charge >= 0.3 is 6.85 Å². The molecule has 8 aliphatic carbocycles. The number of aromatic nitrogens is 2. The van der Waals surface area contributed by atoms with Gasteiger partial charge in [-0.15, -0.1) is 0 Å². The lowest BCUT2D eigenvalue weighted by Crippen LogP contribution is -2.55. The lowest BCUT2D eigenvalue weighted by molar-refractivity contribution is -0.00527. The van der Waals surface area contributed by atoms with Crippen LogP contribution in [-0.2, 0) is 21.7 Å². The zero-order valence-corrected chi connectivity index (χ0v) is 42.1. The van der Waals surface area contributed by atoms with Crippen molar-refractivity contribution in [1.82, 2.24) is 9.05 Å². The Hall–Kier alpha value is -5.22. The normalized spacial score (nSPS) is 29.1. The topological polar surface area (TPSA) is 19.1 Å². The Balaban J connectivity index is 1.07. The molecular formula is C65H67BN2O. The third kappa shape index (κ3) is 5.32. The van der Waals surface area contributed by atoms with Crippen molar-refractivity contribution in [2.75, 3.05) is 7.11 Å². The van der Waals surface area contributed by atoms with Crippen LogP contribution in [-0.4, -0.2) is 23.0 Å². The first-order chi connectivity index (χ1) is 33.2. The zero-order chi connectivity index (χ0) is 46.2. The molecule has 6 aromatic carbocycles. The highest BCUT2D eigenvalue weighted by Gasteiger charge is 2.54. The minimum Gasteiger partial charge on any atom is -0.495 e. The van der Waals surface area contributed by atoms with Gasteiger partial charge in [0.1, 0.15) is 5.75 Å². The second-order valence-electron chi connectivity index (χ2n) is 27.0. The maximum absolute atomic E-state index is 6.98. The van der Waals surface area contributed by atoms with Gasteiger partial charge in [-0.2, -0.15) is 0 Å². The second-order valence-corrected chi connectivity index (χ2v) is 27.0. The molecule has 8 saturated carbocycles. The lowest BCUT2D eigenvalue weighted by atomic mass is 9.44. The van der Waals surface area contributed by atoms with Crippen molar-refractivity contribution in [3.8, 4) is 33.7 Å². The molecule has 8 fully saturated rings. The first-order valence-corrected chi connectivity index (χ1v) is 27.3. The standard InChI is InChI=1S/C65H67BN2O/c1-62(2,3)43-13-15-54-48(23-43)51-25-45(63(4,5)6)28-53-60(51)67(54)56-29-47(42-11-9-8-10-12-42)61(69-7)57-52-27-46(65-33-39-20-40(34-65)22-41(21-39)35-65)26-50-49-24-44(14-16-55(49)68(59(50)52)66(53)58(56)57)64-30-36-17-37(31-64)19-38(18-36)32-64/h8-16,23-29,36-41H,17-22,30-35H2,1-7H3. The first-order valence-electron chi connectivity index (χ1n) is 27.3. The monoisotopic (exact) mass is 903 g/mol. The van der Waals surface area contributed by atoms with Gasteiger partial charge in [0.15, 0.2) is 0 Å². The summed E-state index contributed by atoms with van der Waals surface area (Å²) in [5.74, 6) is 6.38. The molecule has 0 atom stereocenters.